The van der Waals surface area contributed by atoms with Crippen molar-refractivity contribution in [3.05, 3.63) is 52.2 Å². The van der Waals surface area contributed by atoms with Gasteiger partial charge in [0.2, 0.25) is 0 Å². The van der Waals surface area contributed by atoms with E-state index in [2.05, 4.69) is 10.6 Å². The summed E-state index contributed by atoms with van der Waals surface area (Å²) in [5, 5.41) is 7.20. The molecule has 2 atom stereocenters. The van der Waals surface area contributed by atoms with Gasteiger partial charge in [0, 0.05) is 6.54 Å². The number of thiophene rings is 1. The van der Waals surface area contributed by atoms with E-state index in [-0.39, 0.29) is 11.8 Å². The van der Waals surface area contributed by atoms with Crippen LogP contribution in [0.15, 0.2) is 41.8 Å². The van der Waals surface area contributed by atoms with E-state index in [4.69, 9.17) is 9.47 Å². The first-order valence-corrected chi connectivity index (χ1v) is 10.1. The monoisotopic (exact) mass is 418 g/mol. The van der Waals surface area contributed by atoms with Gasteiger partial charge in [-0.1, -0.05) is 32.0 Å². The van der Waals surface area contributed by atoms with Crippen molar-refractivity contribution in [1.29, 1.82) is 0 Å². The molecule has 2 amide bonds. The van der Waals surface area contributed by atoms with Gasteiger partial charge < -0.3 is 20.1 Å². The lowest BCUT2D eigenvalue weighted by Crippen LogP contribution is -2.47. The average Bonchev–Trinajstić information content (AvgIpc) is 3.25. The second-order valence-corrected chi connectivity index (χ2v) is 7.77. The maximum absolute atomic E-state index is 12.5. The van der Waals surface area contributed by atoms with E-state index >= 15 is 0 Å². The van der Waals surface area contributed by atoms with Crippen molar-refractivity contribution < 1.29 is 23.9 Å². The second kappa shape index (κ2) is 10.6. The van der Waals surface area contributed by atoms with Gasteiger partial charge in [0.1, 0.15) is 11.8 Å². The van der Waals surface area contributed by atoms with Crippen LogP contribution in [0.25, 0.3) is 0 Å². The molecule has 29 heavy (non-hydrogen) atoms. The van der Waals surface area contributed by atoms with E-state index in [0.717, 1.165) is 11.3 Å². The molecule has 0 aliphatic rings. The maximum Gasteiger partial charge on any atom is 0.329 e. The van der Waals surface area contributed by atoms with Gasteiger partial charge in [-0.15, -0.1) is 11.3 Å². The summed E-state index contributed by atoms with van der Waals surface area (Å²) < 4.78 is 10.4. The summed E-state index contributed by atoms with van der Waals surface area (Å²) in [5.74, 6) is -0.863. The van der Waals surface area contributed by atoms with E-state index < -0.39 is 24.0 Å². The van der Waals surface area contributed by atoms with Crippen LogP contribution in [0.5, 0.6) is 5.75 Å². The van der Waals surface area contributed by atoms with Crippen LogP contribution in [0.4, 0.5) is 0 Å². The van der Waals surface area contributed by atoms with Crippen LogP contribution in [-0.4, -0.2) is 37.0 Å². The Kier molecular flexibility index (Phi) is 8.21. The molecular formula is C21H26N2O5S. The molecule has 0 bridgehead atoms. The molecule has 2 aromatic rings. The third-order valence-corrected chi connectivity index (χ3v) is 5.11. The van der Waals surface area contributed by atoms with E-state index in [9.17, 15) is 14.4 Å². The zero-order valence-electron chi connectivity index (χ0n) is 16.9. The van der Waals surface area contributed by atoms with Crippen molar-refractivity contribution in [2.24, 2.45) is 5.92 Å². The van der Waals surface area contributed by atoms with Crippen LogP contribution < -0.4 is 15.4 Å². The predicted octanol–water partition coefficient (Wildman–Crippen LogP) is 2.76. The van der Waals surface area contributed by atoms with Crippen LogP contribution in [0, 0.1) is 5.92 Å². The SMILES string of the molecule is COc1ccc(CNC(=O)[C@H](C)OC(=O)[C@H](NC(=O)c2cccs2)C(C)C)cc1. The first-order chi connectivity index (χ1) is 13.8. The number of nitrogens with one attached hydrogen (secondary N) is 2. The van der Waals surface area contributed by atoms with Crippen molar-refractivity contribution in [1.82, 2.24) is 10.6 Å². The lowest BCUT2D eigenvalue weighted by Gasteiger charge is -2.22. The van der Waals surface area contributed by atoms with Crippen molar-refractivity contribution >= 4 is 29.1 Å². The molecule has 7 nitrogen and oxygen atoms in total. The summed E-state index contributed by atoms with van der Waals surface area (Å²) in [7, 11) is 1.58. The van der Waals surface area contributed by atoms with Gasteiger partial charge in [0.25, 0.3) is 11.8 Å². The molecule has 2 rings (SSSR count). The Morgan fingerprint density at radius 2 is 1.76 bits per heavy atom. The number of ether oxygens (including phenoxy) is 2. The number of esters is 1. The van der Waals surface area contributed by atoms with Crippen LogP contribution in [0.2, 0.25) is 0 Å². The highest BCUT2D eigenvalue weighted by Gasteiger charge is 2.29. The minimum atomic E-state index is -0.986. The Morgan fingerprint density at radius 1 is 1.07 bits per heavy atom. The number of benzene rings is 1. The molecule has 0 radical (unpaired) electrons. The molecule has 1 aromatic heterocycles. The van der Waals surface area contributed by atoms with Gasteiger partial charge in [-0.25, -0.2) is 4.79 Å². The zero-order chi connectivity index (χ0) is 21.4. The normalized spacial score (nSPS) is 12.7. The summed E-state index contributed by atoms with van der Waals surface area (Å²) in [6.07, 6.45) is -0.986. The minimum absolute atomic E-state index is 0.194. The Morgan fingerprint density at radius 3 is 2.31 bits per heavy atom. The van der Waals surface area contributed by atoms with E-state index in [1.165, 1.54) is 18.3 Å². The number of rotatable bonds is 9. The van der Waals surface area contributed by atoms with Gasteiger partial charge in [-0.3, -0.25) is 9.59 Å². The molecule has 0 spiro atoms. The third-order valence-electron chi connectivity index (χ3n) is 4.24. The topological polar surface area (TPSA) is 93.7 Å². The number of amides is 2. The van der Waals surface area contributed by atoms with Crippen molar-refractivity contribution in [3.63, 3.8) is 0 Å². The van der Waals surface area contributed by atoms with E-state index in [1.54, 1.807) is 50.6 Å². The van der Waals surface area contributed by atoms with Crippen LogP contribution in [0.3, 0.4) is 0 Å². The maximum atomic E-state index is 12.5. The Bertz CT molecular complexity index is 818. The van der Waals surface area contributed by atoms with Gasteiger partial charge in [-0.2, -0.15) is 0 Å². The van der Waals surface area contributed by atoms with Gasteiger partial charge in [0.05, 0.1) is 12.0 Å². The van der Waals surface area contributed by atoms with Gasteiger partial charge in [-0.05, 0) is 42.0 Å². The fraction of sp³-hybridized carbons (Fsp3) is 0.381. The Balaban J connectivity index is 1.88. The lowest BCUT2D eigenvalue weighted by molar-refractivity contribution is -0.157. The Labute approximate surface area is 174 Å². The smallest absolute Gasteiger partial charge is 0.329 e. The summed E-state index contributed by atoms with van der Waals surface area (Å²) in [4.78, 5) is 37.6. The highest BCUT2D eigenvalue weighted by molar-refractivity contribution is 7.12. The first-order valence-electron chi connectivity index (χ1n) is 9.27. The first kappa shape index (κ1) is 22.4. The molecule has 8 heteroatoms. The highest BCUT2D eigenvalue weighted by Crippen LogP contribution is 2.13. The van der Waals surface area contributed by atoms with Crippen LogP contribution in [0.1, 0.15) is 36.0 Å². The van der Waals surface area contributed by atoms with Crippen LogP contribution in [-0.2, 0) is 20.9 Å². The quantitative estimate of drug-likeness (QED) is 0.611. The molecule has 0 saturated heterocycles. The minimum Gasteiger partial charge on any atom is -0.497 e. The molecule has 1 aromatic carbocycles. The molecule has 156 valence electrons. The number of carbonyl (C=O) groups is 3. The fourth-order valence-corrected chi connectivity index (χ4v) is 3.12. The molecule has 0 fully saturated rings. The Hall–Kier alpha value is -2.87. The lowest BCUT2D eigenvalue weighted by atomic mass is 10.0. The van der Waals surface area contributed by atoms with Gasteiger partial charge in [0.15, 0.2) is 6.10 Å². The van der Waals surface area contributed by atoms with Gasteiger partial charge >= 0.3 is 5.97 Å². The van der Waals surface area contributed by atoms with Crippen LogP contribution >= 0.6 is 11.3 Å². The van der Waals surface area contributed by atoms with Crippen molar-refractivity contribution in [3.8, 4) is 5.75 Å². The van der Waals surface area contributed by atoms with Crippen molar-refractivity contribution in [2.45, 2.75) is 39.5 Å². The number of hydrogen-bond acceptors (Lipinski definition) is 6. The number of hydrogen-bond donors (Lipinski definition) is 2. The third kappa shape index (κ3) is 6.60. The zero-order valence-corrected chi connectivity index (χ0v) is 17.7. The van der Waals surface area contributed by atoms with E-state index in [1.807, 2.05) is 12.1 Å². The second-order valence-electron chi connectivity index (χ2n) is 6.82. The summed E-state index contributed by atoms with van der Waals surface area (Å²) in [6.45, 7) is 5.40. The molecule has 0 aliphatic heterocycles. The van der Waals surface area contributed by atoms with Crippen molar-refractivity contribution in [2.75, 3.05) is 7.11 Å². The fourth-order valence-electron chi connectivity index (χ4n) is 2.50. The average molecular weight is 419 g/mol. The standard InChI is InChI=1S/C21H26N2O5S/c1-13(2)18(23-20(25)17-6-5-11-29-17)21(26)28-14(3)19(24)22-12-15-7-9-16(27-4)10-8-15/h5-11,13-14,18H,12H2,1-4H3,(H,22,24)(H,23,25)/t14-,18+/m0/s1. The molecule has 1 heterocycles. The van der Waals surface area contributed by atoms with E-state index in [0.29, 0.717) is 11.4 Å². The molecule has 0 aliphatic carbocycles. The molecule has 2 N–H and O–H groups in total. The predicted molar refractivity (Wildman–Crippen MR) is 111 cm³/mol. The molecule has 0 unspecified atom stereocenters. The number of carbonyl (C=O) groups excluding carboxylic acids is 3. The molecular weight excluding hydrogens is 392 g/mol. The highest BCUT2D eigenvalue weighted by atomic mass is 32.1. The summed E-state index contributed by atoms with van der Waals surface area (Å²) >= 11 is 1.29. The molecule has 0 saturated carbocycles. The largest absolute Gasteiger partial charge is 0.497 e. The number of methoxy groups -OCH3 is 1. The summed E-state index contributed by atoms with van der Waals surface area (Å²) in [6, 6.07) is 9.87. The summed E-state index contributed by atoms with van der Waals surface area (Å²) in [5.41, 5.74) is 0.890.